The van der Waals surface area contributed by atoms with E-state index in [-0.39, 0.29) is 21.7 Å². The summed E-state index contributed by atoms with van der Waals surface area (Å²) in [6.45, 7) is 3.62. The van der Waals surface area contributed by atoms with Crippen molar-refractivity contribution in [2.45, 2.75) is 9.92 Å². The molecule has 2 aromatic carbocycles. The van der Waals surface area contributed by atoms with E-state index in [0.717, 1.165) is 13.1 Å². The molecule has 33 heavy (non-hydrogen) atoms. The number of anilines is 1. The average Bonchev–Trinajstić information content (AvgIpc) is 3.30. The second-order valence-electron chi connectivity index (χ2n) is 7.93. The van der Waals surface area contributed by atoms with Gasteiger partial charge in [-0.1, -0.05) is 12.1 Å². The van der Waals surface area contributed by atoms with E-state index in [0.29, 0.717) is 49.1 Å². The Kier molecular flexibility index (Phi) is 5.63. The van der Waals surface area contributed by atoms with E-state index in [1.165, 1.54) is 12.1 Å². The highest BCUT2D eigenvalue weighted by atomic mass is 32.2. The number of fused-ring (bicyclic) bond motifs is 1. The van der Waals surface area contributed by atoms with Crippen LogP contribution in [0.1, 0.15) is 0 Å². The zero-order valence-electron chi connectivity index (χ0n) is 18.5. The molecule has 174 valence electrons. The molecule has 2 aliphatic heterocycles. The van der Waals surface area contributed by atoms with Gasteiger partial charge in [0.25, 0.3) is 0 Å². The molecule has 1 saturated heterocycles. The van der Waals surface area contributed by atoms with Crippen molar-refractivity contribution in [2.75, 3.05) is 58.5 Å². The topological polar surface area (TPSA) is 94.3 Å². The molecule has 9 nitrogen and oxygen atoms in total. The minimum atomic E-state index is -4.01. The number of aromatic nitrogens is 1. The lowest BCUT2D eigenvalue weighted by molar-refractivity contribution is 0.171. The lowest BCUT2D eigenvalue weighted by Gasteiger charge is -2.32. The molecule has 0 saturated carbocycles. The highest BCUT2D eigenvalue weighted by Crippen LogP contribution is 2.40. The molecule has 3 aromatic rings. The van der Waals surface area contributed by atoms with Crippen LogP contribution < -0.4 is 19.1 Å². The average molecular weight is 472 g/mol. The molecule has 0 atom stereocenters. The van der Waals surface area contributed by atoms with Gasteiger partial charge in [0.2, 0.25) is 26.6 Å². The summed E-state index contributed by atoms with van der Waals surface area (Å²) >= 11 is 0. The Bertz CT molecular complexity index is 1260. The van der Waals surface area contributed by atoms with Crippen LogP contribution in [0.4, 0.5) is 5.88 Å². The molecule has 0 unspecified atom stereocenters. The van der Waals surface area contributed by atoms with Crippen molar-refractivity contribution < 1.29 is 27.0 Å². The second-order valence-corrected chi connectivity index (χ2v) is 9.79. The zero-order valence-corrected chi connectivity index (χ0v) is 19.3. The Hall–Kier alpha value is -3.24. The van der Waals surface area contributed by atoms with E-state index in [9.17, 15) is 8.42 Å². The summed E-state index contributed by atoms with van der Waals surface area (Å²) in [5, 5.41) is -0.121. The SMILES string of the molecule is COc1ccccc1-c1nc(S(=O)(=O)c2ccc3c(c2)OCCO3)c(N2CCN(C)CC2)o1. The summed E-state index contributed by atoms with van der Waals surface area (Å²) in [5.74, 6) is 1.90. The summed E-state index contributed by atoms with van der Waals surface area (Å²) in [7, 11) is -0.425. The van der Waals surface area contributed by atoms with Crippen molar-refractivity contribution >= 4 is 15.7 Å². The molecule has 5 rings (SSSR count). The first kappa shape index (κ1) is 21.6. The molecule has 10 heteroatoms. The van der Waals surface area contributed by atoms with Crippen molar-refractivity contribution in [1.82, 2.24) is 9.88 Å². The molecule has 0 aliphatic carbocycles. The molecule has 0 amide bonds. The van der Waals surface area contributed by atoms with Crippen LogP contribution in [0, 0.1) is 0 Å². The predicted molar refractivity (Wildman–Crippen MR) is 121 cm³/mol. The predicted octanol–water partition coefficient (Wildman–Crippen LogP) is 2.71. The first-order valence-corrected chi connectivity index (χ1v) is 12.2. The van der Waals surface area contributed by atoms with Gasteiger partial charge in [0, 0.05) is 32.2 Å². The molecule has 0 bridgehead atoms. The summed E-state index contributed by atoms with van der Waals surface area (Å²) in [4.78, 5) is 8.66. The van der Waals surface area contributed by atoms with E-state index in [4.69, 9.17) is 18.6 Å². The molecule has 0 spiro atoms. The van der Waals surface area contributed by atoms with Gasteiger partial charge in [-0.3, -0.25) is 0 Å². The van der Waals surface area contributed by atoms with Crippen molar-refractivity contribution in [3.05, 3.63) is 42.5 Å². The first-order chi connectivity index (χ1) is 16.0. The van der Waals surface area contributed by atoms with E-state index in [2.05, 4.69) is 9.88 Å². The normalized spacial score (nSPS) is 16.6. The standard InChI is InChI=1S/C23H25N3O6S/c1-25-9-11-26(12-10-25)23-22(24-21(32-23)17-5-3-4-6-18(17)29-2)33(27,28)16-7-8-19-20(15-16)31-14-13-30-19/h3-8,15H,9-14H2,1-2H3. The Morgan fingerprint density at radius 2 is 1.70 bits per heavy atom. The monoisotopic (exact) mass is 471 g/mol. The minimum Gasteiger partial charge on any atom is -0.496 e. The molecular formula is C23H25N3O6S. The highest BCUT2D eigenvalue weighted by molar-refractivity contribution is 7.91. The molecule has 2 aliphatic rings. The van der Waals surface area contributed by atoms with Gasteiger partial charge in [-0.25, -0.2) is 8.42 Å². The summed E-state index contributed by atoms with van der Waals surface area (Å²) in [5.41, 5.74) is 0.582. The van der Waals surface area contributed by atoms with Gasteiger partial charge in [0.05, 0.1) is 17.6 Å². The van der Waals surface area contributed by atoms with Crippen LogP contribution in [-0.4, -0.2) is 71.9 Å². The van der Waals surface area contributed by atoms with Crippen molar-refractivity contribution in [3.63, 3.8) is 0 Å². The van der Waals surface area contributed by atoms with Gasteiger partial charge in [0.1, 0.15) is 19.0 Å². The molecule has 1 aromatic heterocycles. The molecule has 1 fully saturated rings. The van der Waals surface area contributed by atoms with Gasteiger partial charge >= 0.3 is 0 Å². The molecule has 0 radical (unpaired) electrons. The third kappa shape index (κ3) is 4.00. The van der Waals surface area contributed by atoms with Crippen LogP contribution in [0.5, 0.6) is 17.2 Å². The number of likely N-dealkylation sites (N-methyl/N-ethyl adjacent to an activating group) is 1. The van der Waals surface area contributed by atoms with Gasteiger partial charge in [0.15, 0.2) is 11.5 Å². The maximum Gasteiger partial charge on any atom is 0.236 e. The van der Waals surface area contributed by atoms with Crippen molar-refractivity contribution in [2.24, 2.45) is 0 Å². The Balaban J connectivity index is 1.62. The lowest BCUT2D eigenvalue weighted by atomic mass is 10.2. The summed E-state index contributed by atoms with van der Waals surface area (Å²) in [6.07, 6.45) is 0. The fourth-order valence-electron chi connectivity index (χ4n) is 3.92. The van der Waals surface area contributed by atoms with Crippen LogP contribution in [-0.2, 0) is 9.84 Å². The number of para-hydroxylation sites is 1. The van der Waals surface area contributed by atoms with Gasteiger partial charge < -0.3 is 28.4 Å². The van der Waals surface area contributed by atoms with Crippen LogP contribution in [0.15, 0.2) is 56.8 Å². The highest BCUT2D eigenvalue weighted by Gasteiger charge is 2.33. The third-order valence-electron chi connectivity index (χ3n) is 5.79. The lowest BCUT2D eigenvalue weighted by Crippen LogP contribution is -2.44. The number of hydrogen-bond donors (Lipinski definition) is 0. The van der Waals surface area contributed by atoms with E-state index >= 15 is 0 Å². The van der Waals surface area contributed by atoms with Gasteiger partial charge in [-0.05, 0) is 31.3 Å². The maximum absolute atomic E-state index is 13.8. The number of hydrogen-bond acceptors (Lipinski definition) is 9. The fraction of sp³-hybridized carbons (Fsp3) is 0.348. The second kappa shape index (κ2) is 8.60. The van der Waals surface area contributed by atoms with E-state index in [1.54, 1.807) is 25.3 Å². The Labute approximate surface area is 192 Å². The number of sulfone groups is 1. The van der Waals surface area contributed by atoms with Crippen LogP contribution in [0.25, 0.3) is 11.5 Å². The van der Waals surface area contributed by atoms with Crippen LogP contribution >= 0.6 is 0 Å². The number of piperazine rings is 1. The molecule has 3 heterocycles. The van der Waals surface area contributed by atoms with Crippen molar-refractivity contribution in [1.29, 1.82) is 0 Å². The van der Waals surface area contributed by atoms with E-state index < -0.39 is 9.84 Å². The summed E-state index contributed by atoms with van der Waals surface area (Å²) in [6, 6.07) is 11.8. The van der Waals surface area contributed by atoms with Gasteiger partial charge in [-0.15, -0.1) is 0 Å². The van der Waals surface area contributed by atoms with Crippen LogP contribution in [0.2, 0.25) is 0 Å². The third-order valence-corrected chi connectivity index (χ3v) is 7.44. The number of benzene rings is 2. The molecular weight excluding hydrogens is 446 g/mol. The number of nitrogens with zero attached hydrogens (tertiary/aromatic N) is 3. The number of oxazole rings is 1. The first-order valence-electron chi connectivity index (χ1n) is 10.7. The summed E-state index contributed by atoms with van der Waals surface area (Å²) < 4.78 is 50.2. The maximum atomic E-state index is 13.8. The quantitative estimate of drug-likeness (QED) is 0.557. The minimum absolute atomic E-state index is 0.0713. The largest absolute Gasteiger partial charge is 0.496 e. The molecule has 0 N–H and O–H groups in total. The van der Waals surface area contributed by atoms with Crippen molar-refractivity contribution in [3.8, 4) is 28.7 Å². The number of ether oxygens (including phenoxy) is 3. The Morgan fingerprint density at radius 3 is 2.45 bits per heavy atom. The smallest absolute Gasteiger partial charge is 0.236 e. The number of rotatable bonds is 5. The van der Waals surface area contributed by atoms with E-state index in [1.807, 2.05) is 24.1 Å². The number of methoxy groups -OCH3 is 1. The Morgan fingerprint density at radius 1 is 0.970 bits per heavy atom. The van der Waals surface area contributed by atoms with Crippen LogP contribution in [0.3, 0.4) is 0 Å². The zero-order chi connectivity index (χ0) is 23.0. The van der Waals surface area contributed by atoms with Gasteiger partial charge in [-0.2, -0.15) is 4.98 Å². The fourth-order valence-corrected chi connectivity index (χ4v) is 5.26.